The second-order valence-corrected chi connectivity index (χ2v) is 6.08. The number of rotatable bonds is 6. The lowest BCUT2D eigenvalue weighted by molar-refractivity contribution is 0.473. The molecule has 0 amide bonds. The summed E-state index contributed by atoms with van der Waals surface area (Å²) in [6.07, 6.45) is 2.68. The summed E-state index contributed by atoms with van der Waals surface area (Å²) in [6, 6.07) is 27.4. The van der Waals surface area contributed by atoms with Crippen LogP contribution in [0.25, 0.3) is 0 Å². The standard InChI is InChI=1S/C24H23NO2/c1-3-20-14-16-22(17-15-20)26-18-19(2)24(25-21-10-6-4-7-11-21)27-23-12-8-5-9-13-23/h4-18H,3H2,1-2H3. The van der Waals surface area contributed by atoms with E-state index in [9.17, 15) is 0 Å². The van der Waals surface area contributed by atoms with E-state index in [1.54, 1.807) is 6.26 Å². The van der Waals surface area contributed by atoms with Crippen LogP contribution in [0.5, 0.6) is 11.5 Å². The Hall–Kier alpha value is -3.33. The molecule has 0 aliphatic heterocycles. The van der Waals surface area contributed by atoms with Crippen molar-refractivity contribution in [3.63, 3.8) is 0 Å². The van der Waals surface area contributed by atoms with Crippen LogP contribution in [0.4, 0.5) is 5.69 Å². The minimum atomic E-state index is 0.498. The van der Waals surface area contributed by atoms with Gasteiger partial charge in [-0.15, -0.1) is 0 Å². The van der Waals surface area contributed by atoms with Crippen molar-refractivity contribution in [2.75, 3.05) is 0 Å². The molecule has 3 aromatic rings. The number of para-hydroxylation sites is 2. The molecule has 0 aliphatic carbocycles. The summed E-state index contributed by atoms with van der Waals surface area (Å²) in [4.78, 5) is 4.64. The molecule has 3 heteroatoms. The van der Waals surface area contributed by atoms with Crippen molar-refractivity contribution in [1.82, 2.24) is 0 Å². The minimum Gasteiger partial charge on any atom is -0.465 e. The molecule has 0 fully saturated rings. The Morgan fingerprint density at radius 1 is 0.815 bits per heavy atom. The number of hydrogen-bond acceptors (Lipinski definition) is 3. The first-order valence-electron chi connectivity index (χ1n) is 9.04. The molecule has 0 unspecified atom stereocenters. The summed E-state index contributed by atoms with van der Waals surface area (Å²) in [5.41, 5.74) is 2.90. The third-order valence-electron chi connectivity index (χ3n) is 3.99. The van der Waals surface area contributed by atoms with Crippen LogP contribution in [-0.4, -0.2) is 5.90 Å². The van der Waals surface area contributed by atoms with Gasteiger partial charge in [-0.1, -0.05) is 55.5 Å². The summed E-state index contributed by atoms with van der Waals surface area (Å²) >= 11 is 0. The predicted molar refractivity (Wildman–Crippen MR) is 111 cm³/mol. The van der Waals surface area contributed by atoms with E-state index in [2.05, 4.69) is 24.0 Å². The van der Waals surface area contributed by atoms with Gasteiger partial charge in [-0.2, -0.15) is 0 Å². The zero-order chi connectivity index (χ0) is 18.9. The van der Waals surface area contributed by atoms with E-state index in [4.69, 9.17) is 9.47 Å². The van der Waals surface area contributed by atoms with Gasteiger partial charge in [0.1, 0.15) is 11.5 Å². The van der Waals surface area contributed by atoms with Gasteiger partial charge in [0.2, 0.25) is 5.90 Å². The Kier molecular flexibility index (Phi) is 6.42. The van der Waals surface area contributed by atoms with Crippen LogP contribution in [0, 0.1) is 0 Å². The van der Waals surface area contributed by atoms with Crippen molar-refractivity contribution < 1.29 is 9.47 Å². The highest BCUT2D eigenvalue weighted by molar-refractivity contribution is 5.96. The average molecular weight is 357 g/mol. The van der Waals surface area contributed by atoms with Crippen LogP contribution < -0.4 is 9.47 Å². The van der Waals surface area contributed by atoms with Crippen molar-refractivity contribution >= 4 is 11.6 Å². The molecule has 0 bridgehead atoms. The maximum atomic E-state index is 6.01. The summed E-state index contributed by atoms with van der Waals surface area (Å²) in [7, 11) is 0. The van der Waals surface area contributed by atoms with Gasteiger partial charge < -0.3 is 9.47 Å². The molecule has 3 aromatic carbocycles. The van der Waals surface area contributed by atoms with Crippen molar-refractivity contribution in [2.45, 2.75) is 20.3 Å². The molecule has 3 nitrogen and oxygen atoms in total. The molecule has 0 saturated carbocycles. The molecular weight excluding hydrogens is 334 g/mol. The lowest BCUT2D eigenvalue weighted by Gasteiger charge is -2.10. The van der Waals surface area contributed by atoms with Gasteiger partial charge >= 0.3 is 0 Å². The van der Waals surface area contributed by atoms with Crippen molar-refractivity contribution in [3.05, 3.63) is 102 Å². The van der Waals surface area contributed by atoms with Crippen molar-refractivity contribution in [1.29, 1.82) is 0 Å². The van der Waals surface area contributed by atoms with Crippen molar-refractivity contribution in [3.8, 4) is 11.5 Å². The van der Waals surface area contributed by atoms with E-state index in [0.717, 1.165) is 29.2 Å². The highest BCUT2D eigenvalue weighted by Crippen LogP contribution is 2.18. The van der Waals surface area contributed by atoms with Gasteiger partial charge in [0.05, 0.1) is 11.9 Å². The van der Waals surface area contributed by atoms with E-state index in [1.807, 2.05) is 79.7 Å². The maximum Gasteiger partial charge on any atom is 0.225 e. The summed E-state index contributed by atoms with van der Waals surface area (Å²) in [6.45, 7) is 4.05. The van der Waals surface area contributed by atoms with Gasteiger partial charge in [-0.3, -0.25) is 0 Å². The minimum absolute atomic E-state index is 0.498. The number of nitrogens with zero attached hydrogens (tertiary/aromatic N) is 1. The smallest absolute Gasteiger partial charge is 0.225 e. The summed E-state index contributed by atoms with van der Waals surface area (Å²) < 4.78 is 11.8. The van der Waals surface area contributed by atoms with Gasteiger partial charge in [-0.25, -0.2) is 4.99 Å². The van der Waals surface area contributed by atoms with Crippen molar-refractivity contribution in [2.24, 2.45) is 4.99 Å². The number of hydrogen-bond donors (Lipinski definition) is 0. The predicted octanol–water partition coefficient (Wildman–Crippen LogP) is 6.34. The molecule has 0 N–H and O–H groups in total. The largest absolute Gasteiger partial charge is 0.465 e. The third kappa shape index (κ3) is 5.58. The molecule has 0 aromatic heterocycles. The van der Waals surface area contributed by atoms with Crippen LogP contribution in [-0.2, 0) is 6.42 Å². The van der Waals surface area contributed by atoms with Crippen LogP contribution >= 0.6 is 0 Å². The van der Waals surface area contributed by atoms with Gasteiger partial charge in [0.15, 0.2) is 0 Å². The Morgan fingerprint density at radius 3 is 2.07 bits per heavy atom. The maximum absolute atomic E-state index is 6.01. The fourth-order valence-electron chi connectivity index (χ4n) is 2.42. The average Bonchev–Trinajstić information content (AvgIpc) is 2.73. The van der Waals surface area contributed by atoms with E-state index in [0.29, 0.717) is 5.90 Å². The van der Waals surface area contributed by atoms with Crippen LogP contribution in [0.15, 0.2) is 102 Å². The van der Waals surface area contributed by atoms with E-state index < -0.39 is 0 Å². The lowest BCUT2D eigenvalue weighted by atomic mass is 10.2. The molecular formula is C24H23NO2. The van der Waals surface area contributed by atoms with Crippen LogP contribution in [0.1, 0.15) is 19.4 Å². The summed E-state index contributed by atoms with van der Waals surface area (Å²) in [5, 5.41) is 0. The first-order valence-corrected chi connectivity index (χ1v) is 9.04. The molecule has 0 atom stereocenters. The Labute approximate surface area is 160 Å². The lowest BCUT2D eigenvalue weighted by Crippen LogP contribution is -2.10. The summed E-state index contributed by atoms with van der Waals surface area (Å²) in [5.74, 6) is 2.01. The van der Waals surface area contributed by atoms with Crippen LogP contribution in [0.2, 0.25) is 0 Å². The van der Waals surface area contributed by atoms with E-state index in [-0.39, 0.29) is 0 Å². The fraction of sp³-hybridized carbons (Fsp3) is 0.125. The molecule has 0 heterocycles. The van der Waals surface area contributed by atoms with Gasteiger partial charge in [-0.05, 0) is 55.3 Å². The van der Waals surface area contributed by atoms with E-state index in [1.165, 1.54) is 5.56 Å². The molecule has 0 saturated heterocycles. The normalized spacial score (nSPS) is 11.9. The highest BCUT2D eigenvalue weighted by atomic mass is 16.5. The molecule has 0 radical (unpaired) electrons. The molecule has 136 valence electrons. The number of aryl methyl sites for hydroxylation is 1. The van der Waals surface area contributed by atoms with E-state index >= 15 is 0 Å². The topological polar surface area (TPSA) is 30.8 Å². The second-order valence-electron chi connectivity index (χ2n) is 6.08. The number of aliphatic imine (C=N–C) groups is 1. The first-order chi connectivity index (χ1) is 13.2. The van der Waals surface area contributed by atoms with Gasteiger partial charge in [0.25, 0.3) is 0 Å². The molecule has 3 rings (SSSR count). The quantitative estimate of drug-likeness (QED) is 0.293. The fourth-order valence-corrected chi connectivity index (χ4v) is 2.42. The molecule has 0 spiro atoms. The number of ether oxygens (including phenoxy) is 2. The zero-order valence-electron chi connectivity index (χ0n) is 15.6. The Morgan fingerprint density at radius 2 is 1.44 bits per heavy atom. The SMILES string of the molecule is CCc1ccc(OC=C(C)C(=Nc2ccccc2)Oc2ccccc2)cc1. The number of benzene rings is 3. The first kappa shape index (κ1) is 18.5. The third-order valence-corrected chi connectivity index (χ3v) is 3.99. The zero-order valence-corrected chi connectivity index (χ0v) is 15.6. The molecule has 27 heavy (non-hydrogen) atoms. The Balaban J connectivity index is 1.82. The highest BCUT2D eigenvalue weighted by Gasteiger charge is 2.07. The van der Waals surface area contributed by atoms with Gasteiger partial charge in [0, 0.05) is 5.57 Å². The Bertz CT molecular complexity index is 898. The second kappa shape index (κ2) is 9.39. The molecule has 0 aliphatic rings. The van der Waals surface area contributed by atoms with Crippen LogP contribution in [0.3, 0.4) is 0 Å². The monoisotopic (exact) mass is 357 g/mol.